The van der Waals surface area contributed by atoms with Crippen molar-refractivity contribution in [2.75, 3.05) is 30.0 Å². The number of halogens is 3. The molecule has 2 heterocycles. The predicted molar refractivity (Wildman–Crippen MR) is 86.6 cm³/mol. The minimum absolute atomic E-state index is 0.0756. The van der Waals surface area contributed by atoms with Crippen LogP contribution in [-0.4, -0.2) is 37.7 Å². The van der Waals surface area contributed by atoms with Crippen LogP contribution in [0.5, 0.6) is 0 Å². The van der Waals surface area contributed by atoms with Crippen LogP contribution in [0, 0.1) is 0 Å². The van der Waals surface area contributed by atoms with E-state index in [-0.39, 0.29) is 11.6 Å². The second-order valence-corrected chi connectivity index (χ2v) is 6.16. The lowest BCUT2D eigenvalue weighted by Gasteiger charge is -2.32. The Hall–Kier alpha value is -2.13. The van der Waals surface area contributed by atoms with Crippen LogP contribution in [0.15, 0.2) is 18.2 Å². The zero-order valence-electron chi connectivity index (χ0n) is 14.2. The van der Waals surface area contributed by atoms with Crippen LogP contribution < -0.4 is 10.2 Å². The number of alkyl halides is 3. The summed E-state index contributed by atoms with van der Waals surface area (Å²) >= 11 is 0. The fourth-order valence-electron chi connectivity index (χ4n) is 3.07. The van der Waals surface area contributed by atoms with Crippen molar-refractivity contribution in [3.05, 3.63) is 23.8 Å². The lowest BCUT2D eigenvalue weighted by molar-refractivity contribution is -0.256. The molecule has 1 fully saturated rings. The average molecular weight is 372 g/mol. The summed E-state index contributed by atoms with van der Waals surface area (Å²) in [6.45, 7) is 3.03. The van der Waals surface area contributed by atoms with Gasteiger partial charge in [-0.1, -0.05) is 13.3 Å². The van der Waals surface area contributed by atoms with Crippen LogP contribution in [0.1, 0.15) is 31.7 Å². The van der Waals surface area contributed by atoms with Crippen molar-refractivity contribution in [3.8, 4) is 0 Å². The highest BCUT2D eigenvalue weighted by Gasteiger charge is 2.55. The number of nitrogens with zero attached hydrogens (tertiary/aromatic N) is 1. The Morgan fingerprint density at radius 3 is 2.62 bits per heavy atom. The third-order valence-electron chi connectivity index (χ3n) is 4.32. The molecule has 2 aliphatic heterocycles. The molecular weight excluding hydrogens is 353 g/mol. The zero-order chi connectivity index (χ0) is 18.9. The molecule has 2 amide bonds. The minimum atomic E-state index is -5.00. The Morgan fingerprint density at radius 2 is 2.00 bits per heavy atom. The van der Waals surface area contributed by atoms with Gasteiger partial charge >= 0.3 is 12.1 Å². The number of benzene rings is 1. The van der Waals surface area contributed by atoms with Gasteiger partial charge in [0.25, 0.3) is 11.7 Å². The molecule has 26 heavy (non-hydrogen) atoms. The van der Waals surface area contributed by atoms with E-state index in [1.807, 2.05) is 6.92 Å². The van der Waals surface area contributed by atoms with Gasteiger partial charge in [0.1, 0.15) is 0 Å². The lowest BCUT2D eigenvalue weighted by atomic mass is 10.1. The smallest absolute Gasteiger partial charge is 0.338 e. The SMILES string of the molecule is CCCCN1C(=O)C2(OCCCO2)c2cc(NC(=O)C(F)(F)F)ccc21. The second kappa shape index (κ2) is 6.88. The molecule has 0 aromatic heterocycles. The topological polar surface area (TPSA) is 67.9 Å². The maximum absolute atomic E-state index is 12.9. The maximum atomic E-state index is 12.9. The van der Waals surface area contributed by atoms with E-state index in [4.69, 9.17) is 9.47 Å². The molecule has 6 nitrogen and oxygen atoms in total. The van der Waals surface area contributed by atoms with E-state index in [0.29, 0.717) is 37.4 Å². The highest BCUT2D eigenvalue weighted by Crippen LogP contribution is 2.46. The predicted octanol–water partition coefficient (Wildman–Crippen LogP) is 2.92. The molecule has 0 bridgehead atoms. The number of carbonyl (C=O) groups excluding carboxylic acids is 2. The van der Waals surface area contributed by atoms with Crippen LogP contribution in [0.25, 0.3) is 0 Å². The largest absolute Gasteiger partial charge is 0.471 e. The number of unbranched alkanes of at least 4 members (excludes halogenated alkanes) is 1. The summed E-state index contributed by atoms with van der Waals surface area (Å²) in [7, 11) is 0. The molecule has 1 spiro atoms. The first-order valence-electron chi connectivity index (χ1n) is 8.42. The maximum Gasteiger partial charge on any atom is 0.471 e. The zero-order valence-corrected chi connectivity index (χ0v) is 14.2. The molecule has 1 aromatic rings. The molecule has 0 unspecified atom stereocenters. The van der Waals surface area contributed by atoms with Gasteiger partial charge in [-0.2, -0.15) is 13.2 Å². The molecule has 0 saturated carbocycles. The van der Waals surface area contributed by atoms with Gasteiger partial charge in [-0.05, 0) is 31.0 Å². The third kappa shape index (κ3) is 3.16. The van der Waals surface area contributed by atoms with E-state index in [1.165, 1.54) is 23.1 Å². The highest BCUT2D eigenvalue weighted by molar-refractivity contribution is 6.07. The number of carbonyl (C=O) groups is 2. The number of hydrogen-bond acceptors (Lipinski definition) is 4. The van der Waals surface area contributed by atoms with E-state index >= 15 is 0 Å². The van der Waals surface area contributed by atoms with Crippen molar-refractivity contribution in [2.45, 2.75) is 38.1 Å². The first kappa shape index (κ1) is 18.7. The van der Waals surface area contributed by atoms with E-state index in [1.54, 1.807) is 5.32 Å². The quantitative estimate of drug-likeness (QED) is 0.883. The Labute approximate surface area is 148 Å². The molecule has 3 rings (SSSR count). The van der Waals surface area contributed by atoms with Crippen molar-refractivity contribution in [1.29, 1.82) is 0 Å². The third-order valence-corrected chi connectivity index (χ3v) is 4.32. The standard InChI is InChI=1S/C17H19F3N2O4/c1-2-3-7-22-13-6-5-11(21-14(23)17(18,19)20)10-12(13)16(15(22)24)25-8-4-9-26-16/h5-6,10H,2-4,7-9H2,1H3,(H,21,23). The Kier molecular flexibility index (Phi) is 4.94. The molecular formula is C17H19F3N2O4. The first-order chi connectivity index (χ1) is 12.3. The van der Waals surface area contributed by atoms with Crippen molar-refractivity contribution in [3.63, 3.8) is 0 Å². The van der Waals surface area contributed by atoms with Crippen LogP contribution in [0.2, 0.25) is 0 Å². The number of amides is 2. The molecule has 1 aromatic carbocycles. The Bertz CT molecular complexity index is 714. The van der Waals surface area contributed by atoms with Gasteiger partial charge in [-0.3, -0.25) is 9.59 Å². The minimum Gasteiger partial charge on any atom is -0.338 e. The summed E-state index contributed by atoms with van der Waals surface area (Å²) in [6, 6.07) is 4.15. The number of anilines is 2. The van der Waals surface area contributed by atoms with Gasteiger partial charge < -0.3 is 19.7 Å². The molecule has 142 valence electrons. The summed E-state index contributed by atoms with van der Waals surface area (Å²) in [6.07, 6.45) is -2.76. The first-order valence-corrected chi connectivity index (χ1v) is 8.42. The van der Waals surface area contributed by atoms with Crippen LogP contribution in [0.3, 0.4) is 0 Å². The van der Waals surface area contributed by atoms with Crippen LogP contribution >= 0.6 is 0 Å². The van der Waals surface area contributed by atoms with E-state index in [2.05, 4.69) is 0 Å². The van der Waals surface area contributed by atoms with Crippen LogP contribution in [0.4, 0.5) is 24.5 Å². The lowest BCUT2D eigenvalue weighted by Crippen LogP contribution is -2.47. The summed E-state index contributed by atoms with van der Waals surface area (Å²) in [5.74, 6) is -4.12. The molecule has 0 radical (unpaired) electrons. The fraction of sp³-hybridized carbons (Fsp3) is 0.529. The number of fused-ring (bicyclic) bond motifs is 2. The molecule has 1 N–H and O–H groups in total. The van der Waals surface area contributed by atoms with E-state index in [0.717, 1.165) is 12.8 Å². The highest BCUT2D eigenvalue weighted by atomic mass is 19.4. The van der Waals surface area contributed by atoms with Gasteiger partial charge in [0.05, 0.1) is 18.9 Å². The van der Waals surface area contributed by atoms with Crippen LogP contribution in [-0.2, 0) is 24.8 Å². The number of nitrogens with one attached hydrogen (secondary N) is 1. The molecule has 2 aliphatic rings. The van der Waals surface area contributed by atoms with Gasteiger partial charge in [0.2, 0.25) is 0 Å². The van der Waals surface area contributed by atoms with E-state index < -0.39 is 17.9 Å². The summed E-state index contributed by atoms with van der Waals surface area (Å²) in [4.78, 5) is 25.7. The molecule has 0 aliphatic carbocycles. The number of rotatable bonds is 4. The summed E-state index contributed by atoms with van der Waals surface area (Å²) in [5, 5.41) is 1.80. The van der Waals surface area contributed by atoms with Crippen molar-refractivity contribution in [1.82, 2.24) is 0 Å². The van der Waals surface area contributed by atoms with Crippen molar-refractivity contribution in [2.24, 2.45) is 0 Å². The number of ether oxygens (including phenoxy) is 2. The fourth-order valence-corrected chi connectivity index (χ4v) is 3.07. The van der Waals surface area contributed by atoms with Crippen molar-refractivity contribution < 1.29 is 32.2 Å². The Balaban J connectivity index is 1.98. The summed E-state index contributed by atoms with van der Waals surface area (Å²) < 4.78 is 48.8. The normalized spacial score (nSPS) is 18.9. The van der Waals surface area contributed by atoms with Crippen molar-refractivity contribution >= 4 is 23.2 Å². The molecule has 0 atom stereocenters. The number of hydrogen-bond donors (Lipinski definition) is 1. The average Bonchev–Trinajstić information content (AvgIpc) is 2.82. The van der Waals surface area contributed by atoms with E-state index in [9.17, 15) is 22.8 Å². The van der Waals surface area contributed by atoms with Gasteiger partial charge in [0.15, 0.2) is 0 Å². The monoisotopic (exact) mass is 372 g/mol. The Morgan fingerprint density at radius 1 is 1.31 bits per heavy atom. The van der Waals surface area contributed by atoms with Gasteiger partial charge in [0, 0.05) is 17.8 Å². The molecule has 9 heteroatoms. The van der Waals surface area contributed by atoms with Gasteiger partial charge in [-0.25, -0.2) is 0 Å². The second-order valence-electron chi connectivity index (χ2n) is 6.16. The van der Waals surface area contributed by atoms with Gasteiger partial charge in [-0.15, -0.1) is 0 Å². The molecule has 1 saturated heterocycles. The summed E-state index contributed by atoms with van der Waals surface area (Å²) in [5.41, 5.74) is 0.766.